The molecule has 132 valence electrons. The first-order chi connectivity index (χ1) is 11.8. The quantitative estimate of drug-likeness (QED) is 0.556. The summed E-state index contributed by atoms with van der Waals surface area (Å²) in [4.78, 5) is 0. The smallest absolute Gasteiger partial charge is 0.419 e. The maximum Gasteiger partial charge on any atom is 0.453 e. The van der Waals surface area contributed by atoms with Gasteiger partial charge in [0.05, 0.1) is 5.25 Å². The first-order valence-electron chi connectivity index (χ1n) is 7.10. The molecule has 0 unspecified atom stereocenters. The lowest BCUT2D eigenvalue weighted by Crippen LogP contribution is -2.21. The van der Waals surface area contributed by atoms with Gasteiger partial charge in [0.15, 0.2) is 0 Å². The molecule has 0 amide bonds. The molecular weight excluding hydrogens is 357 g/mol. The molecule has 0 aliphatic rings. The van der Waals surface area contributed by atoms with Crippen LogP contribution in [0.25, 0.3) is 11.5 Å². The molecule has 0 aliphatic heterocycles. The second-order valence-corrected chi connectivity index (χ2v) is 6.55. The van der Waals surface area contributed by atoms with Crippen LogP contribution >= 0.6 is 11.8 Å². The van der Waals surface area contributed by atoms with Crippen LogP contribution in [0, 0.1) is 6.92 Å². The summed E-state index contributed by atoms with van der Waals surface area (Å²) in [5.41, 5.74) is 1.85. The second kappa shape index (κ2) is 6.39. The van der Waals surface area contributed by atoms with E-state index in [0.717, 1.165) is 22.9 Å². The van der Waals surface area contributed by atoms with Crippen LogP contribution in [0.4, 0.5) is 13.2 Å². The standard InChI is InChI=1S/C14H13F3N6OS/c1-7-3-5-9(6-4-7)11-20-19-10(24-11)8(2)25-13-22-21-12(23(13)18)14(15,16)17/h3-6,8H,18H2,1-2H3/t8-/m0/s1. The molecule has 0 radical (unpaired) electrons. The summed E-state index contributed by atoms with van der Waals surface area (Å²) in [6.45, 7) is 3.65. The molecule has 1 atom stereocenters. The van der Waals surface area contributed by atoms with Gasteiger partial charge in [0.2, 0.25) is 16.9 Å². The van der Waals surface area contributed by atoms with E-state index < -0.39 is 17.3 Å². The predicted molar refractivity (Wildman–Crippen MR) is 83.9 cm³/mol. The lowest BCUT2D eigenvalue weighted by atomic mass is 10.1. The molecule has 1 aromatic carbocycles. The zero-order valence-electron chi connectivity index (χ0n) is 13.2. The van der Waals surface area contributed by atoms with Crippen molar-refractivity contribution in [3.8, 4) is 11.5 Å². The van der Waals surface area contributed by atoms with Crippen molar-refractivity contribution in [2.75, 3.05) is 5.84 Å². The number of rotatable bonds is 4. The van der Waals surface area contributed by atoms with Crippen molar-refractivity contribution in [2.45, 2.75) is 30.4 Å². The zero-order chi connectivity index (χ0) is 18.2. The van der Waals surface area contributed by atoms with Gasteiger partial charge < -0.3 is 10.3 Å². The third kappa shape index (κ3) is 3.60. The van der Waals surface area contributed by atoms with Crippen molar-refractivity contribution in [3.05, 3.63) is 41.5 Å². The minimum atomic E-state index is -4.67. The first-order valence-corrected chi connectivity index (χ1v) is 7.98. The van der Waals surface area contributed by atoms with Gasteiger partial charge >= 0.3 is 6.18 Å². The summed E-state index contributed by atoms with van der Waals surface area (Å²) in [5, 5.41) is 13.9. The van der Waals surface area contributed by atoms with Crippen molar-refractivity contribution < 1.29 is 17.6 Å². The van der Waals surface area contributed by atoms with Gasteiger partial charge in [0, 0.05) is 5.56 Å². The van der Waals surface area contributed by atoms with E-state index in [2.05, 4.69) is 20.4 Å². The highest BCUT2D eigenvalue weighted by Crippen LogP contribution is 2.36. The Hall–Kier alpha value is -2.56. The molecule has 2 aromatic heterocycles. The largest absolute Gasteiger partial charge is 0.453 e. The molecule has 0 fully saturated rings. The van der Waals surface area contributed by atoms with E-state index in [1.54, 1.807) is 6.92 Å². The molecule has 3 aromatic rings. The van der Waals surface area contributed by atoms with Crippen LogP contribution in [0.2, 0.25) is 0 Å². The maximum atomic E-state index is 12.7. The van der Waals surface area contributed by atoms with E-state index in [-0.39, 0.29) is 11.0 Å². The number of nitrogen functional groups attached to an aromatic ring is 1. The Morgan fingerprint density at radius 3 is 2.40 bits per heavy atom. The number of benzene rings is 1. The van der Waals surface area contributed by atoms with Crippen molar-refractivity contribution in [3.63, 3.8) is 0 Å². The van der Waals surface area contributed by atoms with Gasteiger partial charge in [-0.3, -0.25) is 0 Å². The normalized spacial score (nSPS) is 13.2. The van der Waals surface area contributed by atoms with Gasteiger partial charge in [0.25, 0.3) is 5.82 Å². The lowest BCUT2D eigenvalue weighted by molar-refractivity contribution is -0.146. The van der Waals surface area contributed by atoms with E-state index in [1.165, 1.54) is 0 Å². The SMILES string of the molecule is Cc1ccc(-c2nnc([C@H](C)Sc3nnc(C(F)(F)F)n3N)o2)cc1. The molecule has 0 saturated heterocycles. The van der Waals surface area contributed by atoms with Gasteiger partial charge in [-0.15, -0.1) is 20.4 Å². The summed E-state index contributed by atoms with van der Waals surface area (Å²) in [7, 11) is 0. The minimum Gasteiger partial charge on any atom is -0.419 e. The topological polar surface area (TPSA) is 95.7 Å². The fraction of sp³-hybridized carbons (Fsp3) is 0.286. The van der Waals surface area contributed by atoms with Crippen LogP contribution in [0.5, 0.6) is 0 Å². The average Bonchev–Trinajstić information content (AvgIpc) is 3.15. The van der Waals surface area contributed by atoms with Gasteiger partial charge in [0.1, 0.15) is 0 Å². The Labute approximate surface area is 144 Å². The van der Waals surface area contributed by atoms with Crippen molar-refractivity contribution in [2.24, 2.45) is 0 Å². The van der Waals surface area contributed by atoms with Crippen LogP contribution in [-0.4, -0.2) is 25.1 Å². The molecule has 0 bridgehead atoms. The number of halogens is 3. The van der Waals surface area contributed by atoms with Crippen LogP contribution < -0.4 is 5.84 Å². The number of nitrogens with zero attached hydrogens (tertiary/aromatic N) is 5. The van der Waals surface area contributed by atoms with Crippen LogP contribution in [0.3, 0.4) is 0 Å². The van der Waals surface area contributed by atoms with Gasteiger partial charge in [-0.05, 0) is 26.0 Å². The average molecular weight is 370 g/mol. The van der Waals surface area contributed by atoms with Crippen LogP contribution in [0.15, 0.2) is 33.8 Å². The molecule has 2 heterocycles. The minimum absolute atomic E-state index is 0.102. The summed E-state index contributed by atoms with van der Waals surface area (Å²) < 4.78 is 44.1. The fourth-order valence-corrected chi connectivity index (χ4v) is 2.77. The molecule has 7 nitrogen and oxygen atoms in total. The predicted octanol–water partition coefficient (Wildman–Crippen LogP) is 3.22. The Kier molecular flexibility index (Phi) is 4.41. The van der Waals surface area contributed by atoms with E-state index >= 15 is 0 Å². The molecule has 0 aliphatic carbocycles. The highest BCUT2D eigenvalue weighted by atomic mass is 32.2. The Bertz CT molecular complexity index is 874. The van der Waals surface area contributed by atoms with Gasteiger partial charge in [-0.25, -0.2) is 4.68 Å². The second-order valence-electron chi connectivity index (χ2n) is 5.25. The number of hydrogen-bond acceptors (Lipinski definition) is 7. The van der Waals surface area contributed by atoms with Crippen LogP contribution in [0.1, 0.15) is 29.5 Å². The summed E-state index contributed by atoms with van der Waals surface area (Å²) in [6, 6.07) is 7.51. The summed E-state index contributed by atoms with van der Waals surface area (Å²) in [6.07, 6.45) is -4.67. The maximum absolute atomic E-state index is 12.7. The zero-order valence-corrected chi connectivity index (χ0v) is 14.0. The Morgan fingerprint density at radius 2 is 1.80 bits per heavy atom. The van der Waals surface area contributed by atoms with Crippen molar-refractivity contribution in [1.29, 1.82) is 0 Å². The number of aromatic nitrogens is 5. The van der Waals surface area contributed by atoms with E-state index in [0.29, 0.717) is 10.6 Å². The molecule has 25 heavy (non-hydrogen) atoms. The Balaban J connectivity index is 1.77. The van der Waals surface area contributed by atoms with E-state index in [1.807, 2.05) is 31.2 Å². The molecular formula is C14H13F3N6OS. The molecule has 0 saturated carbocycles. The van der Waals surface area contributed by atoms with E-state index in [9.17, 15) is 13.2 Å². The number of aryl methyl sites for hydroxylation is 1. The monoisotopic (exact) mass is 370 g/mol. The third-order valence-corrected chi connectivity index (χ3v) is 4.33. The van der Waals surface area contributed by atoms with E-state index in [4.69, 9.17) is 10.3 Å². The lowest BCUT2D eigenvalue weighted by Gasteiger charge is -2.08. The molecule has 3 rings (SSSR count). The third-order valence-electron chi connectivity index (χ3n) is 3.29. The molecule has 11 heteroatoms. The first kappa shape index (κ1) is 17.3. The van der Waals surface area contributed by atoms with Crippen molar-refractivity contribution >= 4 is 11.8 Å². The number of thioether (sulfide) groups is 1. The van der Waals surface area contributed by atoms with Crippen molar-refractivity contribution in [1.82, 2.24) is 25.1 Å². The van der Waals surface area contributed by atoms with Gasteiger partial charge in [-0.1, -0.05) is 29.5 Å². The number of nitrogens with two attached hydrogens (primary N) is 1. The number of hydrogen-bond donors (Lipinski definition) is 1. The highest BCUT2D eigenvalue weighted by molar-refractivity contribution is 7.99. The highest BCUT2D eigenvalue weighted by Gasteiger charge is 2.38. The fourth-order valence-electron chi connectivity index (χ4n) is 1.97. The Morgan fingerprint density at radius 1 is 1.12 bits per heavy atom. The molecule has 2 N–H and O–H groups in total. The summed E-state index contributed by atoms with van der Waals surface area (Å²) in [5.74, 6) is 4.71. The number of alkyl halides is 3. The van der Waals surface area contributed by atoms with Gasteiger partial charge in [-0.2, -0.15) is 13.2 Å². The van der Waals surface area contributed by atoms with Crippen LogP contribution in [-0.2, 0) is 6.18 Å². The molecule has 0 spiro atoms. The summed E-state index contributed by atoms with van der Waals surface area (Å²) >= 11 is 0.939.